The van der Waals surface area contributed by atoms with Crippen molar-refractivity contribution in [3.05, 3.63) is 42.0 Å². The van der Waals surface area contributed by atoms with E-state index in [2.05, 4.69) is 0 Å². The van der Waals surface area contributed by atoms with Gasteiger partial charge in [0.25, 0.3) is 0 Å². The molecule has 0 aliphatic heterocycles. The Morgan fingerprint density at radius 3 is 2.33 bits per heavy atom. The van der Waals surface area contributed by atoms with E-state index in [1.807, 2.05) is 44.2 Å². The Morgan fingerprint density at radius 2 is 1.81 bits per heavy atom. The van der Waals surface area contributed by atoms with E-state index >= 15 is 0 Å². The van der Waals surface area contributed by atoms with Crippen LogP contribution in [-0.2, 0) is 9.59 Å². The summed E-state index contributed by atoms with van der Waals surface area (Å²) in [5, 5.41) is 9.36. The first-order valence-electron chi connectivity index (χ1n) is 7.59. The lowest BCUT2D eigenvalue weighted by Gasteiger charge is -2.20. The lowest BCUT2D eigenvalue weighted by molar-refractivity contribution is -0.146. The summed E-state index contributed by atoms with van der Waals surface area (Å²) in [6, 6.07) is 9.55. The number of unbranched alkanes of at least 4 members (excludes halogenated alkanes) is 1. The van der Waals surface area contributed by atoms with Gasteiger partial charge in [-0.2, -0.15) is 0 Å². The molecule has 1 aromatic rings. The number of carboxylic acid groups (broad SMARTS) is 1. The number of carbonyl (C=O) groups is 2. The van der Waals surface area contributed by atoms with Crippen molar-refractivity contribution in [2.75, 3.05) is 0 Å². The maximum absolute atomic E-state index is 12.3. The number of rotatable bonds is 9. The van der Waals surface area contributed by atoms with Gasteiger partial charge in [0.05, 0.1) is 5.92 Å². The predicted octanol–water partition coefficient (Wildman–Crippen LogP) is 4.19. The van der Waals surface area contributed by atoms with Crippen molar-refractivity contribution in [3.8, 4) is 0 Å². The fourth-order valence-electron chi connectivity index (χ4n) is 2.47. The number of hydrogen-bond acceptors (Lipinski definition) is 2. The summed E-state index contributed by atoms with van der Waals surface area (Å²) in [6.07, 6.45) is 6.17. The molecule has 1 rings (SSSR count). The van der Waals surface area contributed by atoms with Crippen LogP contribution in [0, 0.1) is 11.8 Å². The Labute approximate surface area is 126 Å². The van der Waals surface area contributed by atoms with E-state index in [0.29, 0.717) is 12.8 Å². The molecule has 0 aromatic heterocycles. The van der Waals surface area contributed by atoms with Gasteiger partial charge in [-0.05, 0) is 24.5 Å². The molecule has 0 bridgehead atoms. The minimum absolute atomic E-state index is 0.0927. The predicted molar refractivity (Wildman–Crippen MR) is 84.9 cm³/mol. The third kappa shape index (κ3) is 5.54. The molecule has 0 radical (unpaired) electrons. The lowest BCUT2D eigenvalue weighted by Crippen LogP contribution is -2.28. The van der Waals surface area contributed by atoms with E-state index < -0.39 is 17.8 Å². The van der Waals surface area contributed by atoms with E-state index in [-0.39, 0.29) is 5.78 Å². The number of ketones is 1. The van der Waals surface area contributed by atoms with Crippen LogP contribution in [0.2, 0.25) is 0 Å². The van der Waals surface area contributed by atoms with Crippen LogP contribution >= 0.6 is 0 Å². The molecule has 0 saturated heterocycles. The zero-order chi connectivity index (χ0) is 15.7. The highest BCUT2D eigenvalue weighted by Crippen LogP contribution is 2.24. The Hall–Kier alpha value is -1.90. The average Bonchev–Trinajstić information content (AvgIpc) is 2.49. The second-order valence-corrected chi connectivity index (χ2v) is 5.25. The Morgan fingerprint density at radius 1 is 1.14 bits per heavy atom. The van der Waals surface area contributed by atoms with Crippen LogP contribution in [0.1, 0.15) is 45.1 Å². The third-order valence-electron chi connectivity index (χ3n) is 3.72. The minimum atomic E-state index is -0.864. The van der Waals surface area contributed by atoms with Crippen molar-refractivity contribution < 1.29 is 14.7 Å². The quantitative estimate of drug-likeness (QED) is 0.693. The zero-order valence-corrected chi connectivity index (χ0v) is 12.8. The number of aliphatic carboxylic acids is 1. The van der Waals surface area contributed by atoms with Crippen LogP contribution in [-0.4, -0.2) is 16.9 Å². The number of hydrogen-bond donors (Lipinski definition) is 1. The fraction of sp³-hybridized carbons (Fsp3) is 0.444. The van der Waals surface area contributed by atoms with E-state index in [0.717, 1.165) is 18.4 Å². The lowest BCUT2D eigenvalue weighted by atomic mass is 9.83. The van der Waals surface area contributed by atoms with Crippen molar-refractivity contribution in [2.45, 2.75) is 39.5 Å². The molecule has 3 nitrogen and oxygen atoms in total. The summed E-state index contributed by atoms with van der Waals surface area (Å²) in [6.45, 7) is 3.90. The van der Waals surface area contributed by atoms with Gasteiger partial charge < -0.3 is 5.11 Å². The highest BCUT2D eigenvalue weighted by Gasteiger charge is 2.30. The molecule has 1 aromatic carbocycles. The summed E-state index contributed by atoms with van der Waals surface area (Å²) < 4.78 is 0. The first-order chi connectivity index (χ1) is 10.1. The van der Waals surface area contributed by atoms with Crippen LogP contribution in [0.3, 0.4) is 0 Å². The van der Waals surface area contributed by atoms with E-state index in [1.165, 1.54) is 6.08 Å². The highest BCUT2D eigenvalue weighted by atomic mass is 16.4. The summed E-state index contributed by atoms with van der Waals surface area (Å²) in [5.41, 5.74) is 0.945. The number of carbonyl (C=O) groups excluding carboxylic acids is 1. The maximum Gasteiger partial charge on any atom is 0.307 e. The number of benzene rings is 1. The fourth-order valence-corrected chi connectivity index (χ4v) is 2.47. The molecule has 0 aliphatic rings. The first-order valence-corrected chi connectivity index (χ1v) is 7.59. The zero-order valence-electron chi connectivity index (χ0n) is 12.8. The average molecular weight is 288 g/mol. The third-order valence-corrected chi connectivity index (χ3v) is 3.72. The topological polar surface area (TPSA) is 54.4 Å². The van der Waals surface area contributed by atoms with E-state index in [4.69, 9.17) is 0 Å². The van der Waals surface area contributed by atoms with Crippen molar-refractivity contribution in [1.29, 1.82) is 0 Å². The molecular weight excluding hydrogens is 264 g/mol. The largest absolute Gasteiger partial charge is 0.481 e. The van der Waals surface area contributed by atoms with Crippen LogP contribution in [0.4, 0.5) is 0 Å². The molecule has 0 fully saturated rings. The summed E-state index contributed by atoms with van der Waals surface area (Å²) in [4.78, 5) is 23.7. The normalized spacial score (nSPS) is 14.0. The molecule has 0 spiro atoms. The molecule has 2 atom stereocenters. The minimum Gasteiger partial charge on any atom is -0.481 e. The van der Waals surface area contributed by atoms with Crippen LogP contribution in [0.25, 0.3) is 6.08 Å². The summed E-state index contributed by atoms with van der Waals surface area (Å²) >= 11 is 0. The highest BCUT2D eigenvalue weighted by molar-refractivity contribution is 5.97. The monoisotopic (exact) mass is 288 g/mol. The first kappa shape index (κ1) is 17.2. The second kappa shape index (κ2) is 9.11. The van der Waals surface area contributed by atoms with Gasteiger partial charge in [0.15, 0.2) is 5.78 Å². The smallest absolute Gasteiger partial charge is 0.307 e. The van der Waals surface area contributed by atoms with Crippen LogP contribution in [0.5, 0.6) is 0 Å². The molecule has 0 heterocycles. The maximum atomic E-state index is 12.3. The Balaban J connectivity index is 2.79. The van der Waals surface area contributed by atoms with Gasteiger partial charge in [-0.3, -0.25) is 9.59 Å². The van der Waals surface area contributed by atoms with Gasteiger partial charge >= 0.3 is 5.97 Å². The number of carboxylic acids is 1. The second-order valence-electron chi connectivity index (χ2n) is 5.25. The van der Waals surface area contributed by atoms with Crippen molar-refractivity contribution >= 4 is 17.8 Å². The molecule has 3 heteroatoms. The van der Waals surface area contributed by atoms with Gasteiger partial charge in [0.2, 0.25) is 0 Å². The SMILES string of the molecule is CCCCC(C(=O)O)C(CC)C(=O)C=Cc1ccccc1. The van der Waals surface area contributed by atoms with Gasteiger partial charge in [0.1, 0.15) is 0 Å². The molecule has 114 valence electrons. The Bertz CT molecular complexity index is 476. The molecule has 0 amide bonds. The molecule has 21 heavy (non-hydrogen) atoms. The van der Waals surface area contributed by atoms with Gasteiger partial charge in [-0.1, -0.05) is 63.1 Å². The Kier molecular flexibility index (Phi) is 7.44. The van der Waals surface area contributed by atoms with E-state index in [1.54, 1.807) is 6.08 Å². The number of allylic oxidation sites excluding steroid dienone is 1. The van der Waals surface area contributed by atoms with Gasteiger partial charge in [-0.25, -0.2) is 0 Å². The van der Waals surface area contributed by atoms with Crippen LogP contribution in [0.15, 0.2) is 36.4 Å². The molecule has 0 saturated carbocycles. The molecule has 0 aliphatic carbocycles. The van der Waals surface area contributed by atoms with Crippen molar-refractivity contribution in [1.82, 2.24) is 0 Å². The molecule has 1 N–H and O–H groups in total. The standard InChI is InChI=1S/C18H24O3/c1-3-5-11-16(18(20)21)15(4-2)17(19)13-12-14-9-7-6-8-10-14/h6-10,12-13,15-16H,3-5,11H2,1-2H3,(H,20,21). The van der Waals surface area contributed by atoms with Crippen LogP contribution < -0.4 is 0 Å². The molecule has 2 unspecified atom stereocenters. The van der Waals surface area contributed by atoms with Crippen molar-refractivity contribution in [3.63, 3.8) is 0 Å². The van der Waals surface area contributed by atoms with Gasteiger partial charge in [0, 0.05) is 5.92 Å². The van der Waals surface area contributed by atoms with Gasteiger partial charge in [-0.15, -0.1) is 0 Å². The van der Waals surface area contributed by atoms with E-state index in [9.17, 15) is 14.7 Å². The molecular formula is C18H24O3. The van der Waals surface area contributed by atoms with Crippen molar-refractivity contribution in [2.24, 2.45) is 11.8 Å². The summed E-state index contributed by atoms with van der Waals surface area (Å²) in [7, 11) is 0. The summed E-state index contributed by atoms with van der Waals surface area (Å²) in [5.74, 6) is -1.97.